The molecule has 0 amide bonds. The van der Waals surface area contributed by atoms with Crippen molar-refractivity contribution in [3.05, 3.63) is 18.0 Å². The number of aliphatic imine (C=N–C) groups is 1. The maximum Gasteiger partial charge on any atom is 0.193 e. The topological polar surface area (TPSA) is 45.5 Å². The molecule has 2 heterocycles. The van der Waals surface area contributed by atoms with Crippen molar-refractivity contribution in [3.63, 3.8) is 0 Å². The average Bonchev–Trinajstić information content (AvgIpc) is 3.11. The van der Waals surface area contributed by atoms with E-state index < -0.39 is 0 Å². The molecule has 5 heteroatoms. The first kappa shape index (κ1) is 15.9. The highest BCUT2D eigenvalue weighted by molar-refractivity contribution is 5.80. The second kappa shape index (κ2) is 6.96. The van der Waals surface area contributed by atoms with Crippen LogP contribution < -0.4 is 5.32 Å². The van der Waals surface area contributed by atoms with E-state index in [1.54, 1.807) is 0 Å². The van der Waals surface area contributed by atoms with Crippen molar-refractivity contribution in [1.82, 2.24) is 20.0 Å². The Morgan fingerprint density at radius 1 is 1.43 bits per heavy atom. The Morgan fingerprint density at radius 3 is 2.71 bits per heavy atom. The lowest BCUT2D eigenvalue weighted by Crippen LogP contribution is -2.42. The number of hydrogen-bond donors (Lipinski definition) is 1. The SMILES string of the molecule is CCC1(CC)CCN(C(=NC)NCCn2cc(C)cn2)C1. The van der Waals surface area contributed by atoms with Gasteiger partial charge >= 0.3 is 0 Å². The number of guanidine groups is 1. The van der Waals surface area contributed by atoms with Crippen LogP contribution in [-0.2, 0) is 6.54 Å². The highest BCUT2D eigenvalue weighted by Gasteiger charge is 2.36. The molecule has 2 rings (SSSR count). The molecule has 0 aromatic carbocycles. The number of nitrogens with one attached hydrogen (secondary N) is 1. The fourth-order valence-electron chi connectivity index (χ4n) is 3.15. The van der Waals surface area contributed by atoms with E-state index in [1.165, 1.54) is 24.8 Å². The minimum Gasteiger partial charge on any atom is -0.354 e. The van der Waals surface area contributed by atoms with Crippen molar-refractivity contribution < 1.29 is 0 Å². The number of hydrogen-bond acceptors (Lipinski definition) is 2. The standard InChI is InChI=1S/C16H29N5/c1-5-16(6-2)7-9-20(13-16)15(17-4)18-8-10-21-12-14(3)11-19-21/h11-12H,5-10,13H2,1-4H3,(H,17,18). The lowest BCUT2D eigenvalue weighted by molar-refractivity contribution is 0.276. The van der Waals surface area contributed by atoms with Crippen LogP contribution >= 0.6 is 0 Å². The molecule has 1 N–H and O–H groups in total. The third-order valence-corrected chi connectivity index (χ3v) is 4.84. The van der Waals surface area contributed by atoms with Crippen molar-refractivity contribution in [1.29, 1.82) is 0 Å². The normalized spacial score (nSPS) is 18.3. The Balaban J connectivity index is 1.84. The monoisotopic (exact) mass is 291 g/mol. The molecule has 1 aliphatic heterocycles. The van der Waals surface area contributed by atoms with Gasteiger partial charge in [-0.25, -0.2) is 0 Å². The van der Waals surface area contributed by atoms with Gasteiger partial charge in [-0.05, 0) is 37.2 Å². The second-order valence-corrected chi connectivity index (χ2v) is 6.13. The molecule has 1 fully saturated rings. The quantitative estimate of drug-likeness (QED) is 0.669. The molecule has 5 nitrogen and oxygen atoms in total. The summed E-state index contributed by atoms with van der Waals surface area (Å²) in [5.41, 5.74) is 1.69. The fraction of sp³-hybridized carbons (Fsp3) is 0.750. The number of rotatable bonds is 5. The third-order valence-electron chi connectivity index (χ3n) is 4.84. The second-order valence-electron chi connectivity index (χ2n) is 6.13. The molecule has 118 valence electrons. The van der Waals surface area contributed by atoms with Crippen LogP contribution in [0.3, 0.4) is 0 Å². The summed E-state index contributed by atoms with van der Waals surface area (Å²) in [5.74, 6) is 1.03. The Bertz CT molecular complexity index is 473. The van der Waals surface area contributed by atoms with E-state index in [0.717, 1.165) is 32.1 Å². The molecule has 1 saturated heterocycles. The molecule has 0 spiro atoms. The van der Waals surface area contributed by atoms with E-state index in [9.17, 15) is 0 Å². The minimum atomic E-state index is 0.483. The van der Waals surface area contributed by atoms with Crippen molar-refractivity contribution in [2.45, 2.75) is 46.6 Å². The summed E-state index contributed by atoms with van der Waals surface area (Å²) in [6.07, 6.45) is 7.75. The Morgan fingerprint density at radius 2 is 2.19 bits per heavy atom. The lowest BCUT2D eigenvalue weighted by Gasteiger charge is -2.28. The highest BCUT2D eigenvalue weighted by atomic mass is 15.3. The molecule has 0 saturated carbocycles. The third kappa shape index (κ3) is 3.77. The summed E-state index contributed by atoms with van der Waals surface area (Å²) >= 11 is 0. The predicted octanol–water partition coefficient (Wildman–Crippen LogP) is 2.28. The summed E-state index contributed by atoms with van der Waals surface area (Å²) in [5, 5.41) is 7.78. The van der Waals surface area contributed by atoms with Gasteiger partial charge in [-0.15, -0.1) is 0 Å². The first-order valence-electron chi connectivity index (χ1n) is 8.07. The van der Waals surface area contributed by atoms with Crippen LogP contribution in [0.5, 0.6) is 0 Å². The summed E-state index contributed by atoms with van der Waals surface area (Å²) in [4.78, 5) is 6.85. The zero-order chi connectivity index (χ0) is 15.3. The van der Waals surface area contributed by atoms with E-state index >= 15 is 0 Å². The van der Waals surface area contributed by atoms with E-state index in [0.29, 0.717) is 5.41 Å². The van der Waals surface area contributed by atoms with Gasteiger partial charge in [-0.1, -0.05) is 13.8 Å². The molecule has 0 aliphatic carbocycles. The molecule has 1 aliphatic rings. The first-order chi connectivity index (χ1) is 10.1. The van der Waals surface area contributed by atoms with Gasteiger partial charge in [0.1, 0.15) is 0 Å². The first-order valence-corrected chi connectivity index (χ1v) is 8.07. The number of aryl methyl sites for hydroxylation is 1. The Labute approximate surface area is 128 Å². The molecule has 0 radical (unpaired) electrons. The lowest BCUT2D eigenvalue weighted by atomic mass is 9.82. The Hall–Kier alpha value is -1.52. The predicted molar refractivity (Wildman–Crippen MR) is 87.5 cm³/mol. The fourth-order valence-corrected chi connectivity index (χ4v) is 3.15. The summed E-state index contributed by atoms with van der Waals surface area (Å²) in [6, 6.07) is 0. The smallest absolute Gasteiger partial charge is 0.193 e. The van der Waals surface area contributed by atoms with Crippen LogP contribution in [0.15, 0.2) is 17.4 Å². The molecule has 0 bridgehead atoms. The molecule has 21 heavy (non-hydrogen) atoms. The summed E-state index contributed by atoms with van der Waals surface area (Å²) < 4.78 is 1.97. The van der Waals surface area contributed by atoms with Gasteiger partial charge in [0, 0.05) is 32.9 Å². The largest absolute Gasteiger partial charge is 0.354 e. The van der Waals surface area contributed by atoms with Gasteiger partial charge in [0.05, 0.1) is 12.7 Å². The van der Waals surface area contributed by atoms with Gasteiger partial charge in [-0.3, -0.25) is 9.67 Å². The Kier molecular flexibility index (Phi) is 5.26. The van der Waals surface area contributed by atoms with Gasteiger partial charge in [0.2, 0.25) is 0 Å². The molecular formula is C16H29N5. The van der Waals surface area contributed by atoms with Crippen LogP contribution in [0.2, 0.25) is 0 Å². The van der Waals surface area contributed by atoms with E-state index in [1.807, 2.05) is 17.9 Å². The van der Waals surface area contributed by atoms with E-state index in [2.05, 4.69) is 47.3 Å². The van der Waals surface area contributed by atoms with Gasteiger partial charge < -0.3 is 10.2 Å². The van der Waals surface area contributed by atoms with Crippen LogP contribution in [0, 0.1) is 12.3 Å². The zero-order valence-electron chi connectivity index (χ0n) is 13.9. The van der Waals surface area contributed by atoms with Crippen LogP contribution in [0.1, 0.15) is 38.7 Å². The summed E-state index contributed by atoms with van der Waals surface area (Å²) in [6.45, 7) is 10.6. The maximum absolute atomic E-state index is 4.44. The van der Waals surface area contributed by atoms with Crippen LogP contribution in [0.4, 0.5) is 0 Å². The van der Waals surface area contributed by atoms with Crippen molar-refractivity contribution in [2.24, 2.45) is 10.4 Å². The van der Waals surface area contributed by atoms with Crippen molar-refractivity contribution >= 4 is 5.96 Å². The summed E-state index contributed by atoms with van der Waals surface area (Å²) in [7, 11) is 1.87. The number of aromatic nitrogens is 2. The molecule has 0 atom stereocenters. The van der Waals surface area contributed by atoms with E-state index in [4.69, 9.17) is 0 Å². The molecular weight excluding hydrogens is 262 g/mol. The molecule has 0 unspecified atom stereocenters. The molecule has 1 aromatic rings. The van der Waals surface area contributed by atoms with E-state index in [-0.39, 0.29) is 0 Å². The van der Waals surface area contributed by atoms with Crippen molar-refractivity contribution in [3.8, 4) is 0 Å². The van der Waals surface area contributed by atoms with Gasteiger partial charge in [0.15, 0.2) is 5.96 Å². The van der Waals surface area contributed by atoms with Crippen LogP contribution in [-0.4, -0.2) is 47.3 Å². The number of nitrogens with zero attached hydrogens (tertiary/aromatic N) is 4. The molecule has 1 aromatic heterocycles. The van der Waals surface area contributed by atoms with Gasteiger partial charge in [0.25, 0.3) is 0 Å². The number of likely N-dealkylation sites (tertiary alicyclic amines) is 1. The minimum absolute atomic E-state index is 0.483. The van der Waals surface area contributed by atoms with Crippen molar-refractivity contribution in [2.75, 3.05) is 26.7 Å². The zero-order valence-corrected chi connectivity index (χ0v) is 13.9. The maximum atomic E-state index is 4.44. The average molecular weight is 291 g/mol. The van der Waals surface area contributed by atoms with Crippen LogP contribution in [0.25, 0.3) is 0 Å². The van der Waals surface area contributed by atoms with Gasteiger partial charge in [-0.2, -0.15) is 5.10 Å². The highest BCUT2D eigenvalue weighted by Crippen LogP contribution is 2.36.